The van der Waals surface area contributed by atoms with Gasteiger partial charge in [-0.3, -0.25) is 19.2 Å². The minimum absolute atomic E-state index is 0.0536. The topological polar surface area (TPSA) is 116 Å². The molecular weight excluding hydrogens is 314 g/mol. The molecule has 8 nitrogen and oxygen atoms in total. The lowest BCUT2D eigenvalue weighted by atomic mass is 9.92. The van der Waals surface area contributed by atoms with Gasteiger partial charge in [0, 0.05) is 45.9 Å². The Morgan fingerprint density at radius 2 is 1.71 bits per heavy atom. The van der Waals surface area contributed by atoms with Crippen LogP contribution in [0.1, 0.15) is 32.6 Å². The van der Waals surface area contributed by atoms with E-state index < -0.39 is 11.9 Å². The second-order valence-electron chi connectivity index (χ2n) is 6.58. The van der Waals surface area contributed by atoms with Gasteiger partial charge in [-0.25, -0.2) is 0 Å². The smallest absolute Gasteiger partial charge is 0.308 e. The number of aliphatic carboxylic acids is 1. The fourth-order valence-electron chi connectivity index (χ4n) is 3.20. The first-order chi connectivity index (χ1) is 11.4. The van der Waals surface area contributed by atoms with E-state index in [0.29, 0.717) is 25.6 Å². The molecule has 8 heteroatoms. The Morgan fingerprint density at radius 1 is 1.04 bits per heavy atom. The average Bonchev–Trinajstić information content (AvgIpc) is 3.27. The first-order valence-electron chi connectivity index (χ1n) is 8.40. The summed E-state index contributed by atoms with van der Waals surface area (Å²) in [6.45, 7) is 2.81. The molecule has 24 heavy (non-hydrogen) atoms. The fourth-order valence-corrected chi connectivity index (χ4v) is 3.20. The zero-order valence-electron chi connectivity index (χ0n) is 13.9. The van der Waals surface area contributed by atoms with Crippen LogP contribution in [0.2, 0.25) is 0 Å². The molecule has 1 aliphatic carbocycles. The van der Waals surface area contributed by atoms with Crippen molar-refractivity contribution < 1.29 is 24.3 Å². The second kappa shape index (κ2) is 8.12. The van der Waals surface area contributed by atoms with Gasteiger partial charge in [0.2, 0.25) is 17.7 Å². The van der Waals surface area contributed by atoms with E-state index >= 15 is 0 Å². The summed E-state index contributed by atoms with van der Waals surface area (Å²) in [5.41, 5.74) is 0. The van der Waals surface area contributed by atoms with E-state index in [2.05, 4.69) is 10.6 Å². The molecule has 2 rings (SSSR count). The molecule has 0 aromatic rings. The van der Waals surface area contributed by atoms with E-state index in [1.165, 1.54) is 6.92 Å². The Labute approximate surface area is 141 Å². The van der Waals surface area contributed by atoms with Crippen molar-refractivity contribution in [1.29, 1.82) is 0 Å². The van der Waals surface area contributed by atoms with E-state index in [4.69, 9.17) is 0 Å². The largest absolute Gasteiger partial charge is 0.481 e. The number of likely N-dealkylation sites (tertiary alicyclic amines) is 1. The summed E-state index contributed by atoms with van der Waals surface area (Å²) >= 11 is 0. The maximum absolute atomic E-state index is 12.2. The van der Waals surface area contributed by atoms with Gasteiger partial charge in [0.1, 0.15) is 0 Å². The van der Waals surface area contributed by atoms with Gasteiger partial charge in [-0.15, -0.1) is 0 Å². The van der Waals surface area contributed by atoms with E-state index in [-0.39, 0.29) is 43.0 Å². The van der Waals surface area contributed by atoms with Crippen molar-refractivity contribution >= 4 is 23.7 Å². The molecule has 0 radical (unpaired) electrons. The minimum atomic E-state index is -0.835. The van der Waals surface area contributed by atoms with Gasteiger partial charge in [-0.05, 0) is 24.7 Å². The molecule has 2 aliphatic rings. The van der Waals surface area contributed by atoms with Gasteiger partial charge in [0.15, 0.2) is 0 Å². The number of carboxylic acid groups (broad SMARTS) is 1. The van der Waals surface area contributed by atoms with Gasteiger partial charge >= 0.3 is 5.97 Å². The first-order valence-corrected chi connectivity index (χ1v) is 8.40. The molecule has 134 valence electrons. The van der Waals surface area contributed by atoms with E-state index in [1.54, 1.807) is 4.90 Å². The highest BCUT2D eigenvalue weighted by Gasteiger charge is 2.46. The Bertz CT molecular complexity index is 518. The molecule has 0 bridgehead atoms. The number of carbonyl (C=O) groups excluding carboxylic acids is 3. The van der Waals surface area contributed by atoms with Crippen molar-refractivity contribution in [2.45, 2.75) is 32.6 Å². The van der Waals surface area contributed by atoms with E-state index in [9.17, 15) is 24.3 Å². The minimum Gasteiger partial charge on any atom is -0.481 e. The zero-order valence-corrected chi connectivity index (χ0v) is 13.9. The molecule has 0 aromatic heterocycles. The Balaban J connectivity index is 1.69. The summed E-state index contributed by atoms with van der Waals surface area (Å²) in [5.74, 6) is -1.40. The number of nitrogens with one attached hydrogen (secondary N) is 2. The van der Waals surface area contributed by atoms with Gasteiger partial charge in [-0.2, -0.15) is 0 Å². The molecule has 0 aromatic carbocycles. The van der Waals surface area contributed by atoms with Crippen molar-refractivity contribution in [3.63, 3.8) is 0 Å². The summed E-state index contributed by atoms with van der Waals surface area (Å²) < 4.78 is 0. The van der Waals surface area contributed by atoms with Crippen LogP contribution in [-0.2, 0) is 19.2 Å². The van der Waals surface area contributed by atoms with Crippen molar-refractivity contribution in [1.82, 2.24) is 15.5 Å². The maximum Gasteiger partial charge on any atom is 0.308 e. The summed E-state index contributed by atoms with van der Waals surface area (Å²) in [6.07, 6.45) is 2.25. The Morgan fingerprint density at radius 3 is 2.29 bits per heavy atom. The number of carbonyl (C=O) groups is 4. The number of carboxylic acids is 1. The molecular formula is C16H25N3O5. The lowest BCUT2D eigenvalue weighted by molar-refractivity contribution is -0.143. The third-order valence-electron chi connectivity index (χ3n) is 4.65. The monoisotopic (exact) mass is 339 g/mol. The molecule has 1 heterocycles. The SMILES string of the molecule is CC(=O)NCCNC(=O)CCC(=O)N1C[C@H](C(=O)O)[C@@H](C2CC2)C1. The molecule has 1 saturated carbocycles. The van der Waals surface area contributed by atoms with Crippen LogP contribution in [0.3, 0.4) is 0 Å². The van der Waals surface area contributed by atoms with Crippen molar-refractivity contribution in [2.24, 2.45) is 17.8 Å². The second-order valence-corrected chi connectivity index (χ2v) is 6.58. The standard InChI is InChI=1S/C16H25N3O5/c1-10(20)17-6-7-18-14(21)4-5-15(22)19-8-12(11-2-3-11)13(9-19)16(23)24/h11-13H,2-9H2,1H3,(H,17,20)(H,18,21)(H,23,24)/t12-,13+/m1/s1. The normalized spacial score (nSPS) is 23.0. The van der Waals surface area contributed by atoms with Crippen molar-refractivity contribution in [2.75, 3.05) is 26.2 Å². The molecule has 2 fully saturated rings. The van der Waals surface area contributed by atoms with Crippen LogP contribution in [0.15, 0.2) is 0 Å². The first kappa shape index (κ1) is 18.2. The average molecular weight is 339 g/mol. The predicted octanol–water partition coefficient (Wildman–Crippen LogP) is -0.412. The fraction of sp³-hybridized carbons (Fsp3) is 0.750. The third-order valence-corrected chi connectivity index (χ3v) is 4.65. The quantitative estimate of drug-likeness (QED) is 0.520. The van der Waals surface area contributed by atoms with Crippen molar-refractivity contribution in [3.05, 3.63) is 0 Å². The highest BCUT2D eigenvalue weighted by Crippen LogP contribution is 2.44. The van der Waals surface area contributed by atoms with Crippen LogP contribution >= 0.6 is 0 Å². The molecule has 0 spiro atoms. The molecule has 3 amide bonds. The maximum atomic E-state index is 12.2. The van der Waals surface area contributed by atoms with Crippen LogP contribution in [0.4, 0.5) is 0 Å². The third kappa shape index (κ3) is 5.21. The van der Waals surface area contributed by atoms with Gasteiger partial charge in [-0.1, -0.05) is 0 Å². The number of nitrogens with zero attached hydrogens (tertiary/aromatic N) is 1. The predicted molar refractivity (Wildman–Crippen MR) is 84.8 cm³/mol. The zero-order chi connectivity index (χ0) is 17.7. The summed E-state index contributed by atoms with van der Waals surface area (Å²) in [5, 5.41) is 14.5. The van der Waals surface area contributed by atoms with E-state index in [1.807, 2.05) is 0 Å². The highest BCUT2D eigenvalue weighted by atomic mass is 16.4. The molecule has 1 saturated heterocycles. The van der Waals surface area contributed by atoms with Crippen LogP contribution in [0, 0.1) is 17.8 Å². The van der Waals surface area contributed by atoms with Crippen LogP contribution in [0.5, 0.6) is 0 Å². The molecule has 3 N–H and O–H groups in total. The van der Waals surface area contributed by atoms with Crippen LogP contribution in [-0.4, -0.2) is 59.9 Å². The Kier molecular flexibility index (Phi) is 6.16. The van der Waals surface area contributed by atoms with E-state index in [0.717, 1.165) is 12.8 Å². The van der Waals surface area contributed by atoms with Gasteiger partial charge in [0.25, 0.3) is 0 Å². The summed E-state index contributed by atoms with van der Waals surface area (Å²) in [6, 6.07) is 0. The van der Waals surface area contributed by atoms with Crippen LogP contribution < -0.4 is 10.6 Å². The highest BCUT2D eigenvalue weighted by molar-refractivity contribution is 5.84. The lowest BCUT2D eigenvalue weighted by Crippen LogP contribution is -2.35. The molecule has 0 unspecified atom stereocenters. The van der Waals surface area contributed by atoms with Gasteiger partial charge < -0.3 is 20.6 Å². The Hall–Kier alpha value is -2.12. The summed E-state index contributed by atoms with van der Waals surface area (Å²) in [7, 11) is 0. The molecule has 2 atom stereocenters. The van der Waals surface area contributed by atoms with Gasteiger partial charge in [0.05, 0.1) is 5.92 Å². The number of hydrogen-bond donors (Lipinski definition) is 3. The number of amides is 3. The summed E-state index contributed by atoms with van der Waals surface area (Å²) in [4.78, 5) is 47.5. The lowest BCUT2D eigenvalue weighted by Gasteiger charge is -2.16. The number of rotatable bonds is 8. The molecule has 1 aliphatic heterocycles. The number of hydrogen-bond acceptors (Lipinski definition) is 4. The van der Waals surface area contributed by atoms with Crippen molar-refractivity contribution in [3.8, 4) is 0 Å². The van der Waals surface area contributed by atoms with Crippen LogP contribution in [0.25, 0.3) is 0 Å².